The lowest BCUT2D eigenvalue weighted by Gasteiger charge is -2.21. The Hall–Kier alpha value is -2.95. The molecule has 0 aromatic heterocycles. The first-order chi connectivity index (χ1) is 17.8. The molecular weight excluding hydrogens is 454 g/mol. The van der Waals surface area contributed by atoms with Crippen molar-refractivity contribution < 1.29 is 4.79 Å². The standard InChI is InChI=1S/C33H49N3O/c1-7-8-9-10-14-23-36(24-16-22-34-26-31-18-12-11-13-19-31)25-21-33(37)35-27-32(29(4)5)20-15-17-30(6)28(2)3/h7-15,17-20,28-29,34H,1,6,16,21-27H2,2-5H3,(H,35,37)/b9-8-,14-10-,17-15-,32-20+. The Bertz CT molecular complexity index is 907. The second-order valence-electron chi connectivity index (χ2n) is 9.88. The average Bonchev–Trinajstić information content (AvgIpc) is 2.88. The molecule has 0 spiro atoms. The third-order valence-corrected chi connectivity index (χ3v) is 6.11. The molecule has 0 unspecified atom stereocenters. The number of carbonyl (C=O) groups is 1. The van der Waals surface area contributed by atoms with Crippen molar-refractivity contribution in [1.82, 2.24) is 15.5 Å². The second-order valence-corrected chi connectivity index (χ2v) is 9.88. The van der Waals surface area contributed by atoms with Crippen LogP contribution in [-0.4, -0.2) is 43.5 Å². The molecule has 1 amide bonds. The molecule has 0 saturated heterocycles. The fourth-order valence-electron chi connectivity index (χ4n) is 3.47. The number of nitrogens with zero attached hydrogens (tertiary/aromatic N) is 1. The maximum atomic E-state index is 12.6. The number of benzene rings is 1. The van der Waals surface area contributed by atoms with Crippen molar-refractivity contribution >= 4 is 5.91 Å². The summed E-state index contributed by atoms with van der Waals surface area (Å²) in [7, 11) is 0. The lowest BCUT2D eigenvalue weighted by Crippen LogP contribution is -2.33. The topological polar surface area (TPSA) is 44.4 Å². The van der Waals surface area contributed by atoms with Gasteiger partial charge in [-0.3, -0.25) is 9.69 Å². The van der Waals surface area contributed by atoms with Crippen molar-refractivity contribution in [2.24, 2.45) is 11.8 Å². The molecule has 0 aliphatic rings. The van der Waals surface area contributed by atoms with Crippen LogP contribution in [0, 0.1) is 11.8 Å². The van der Waals surface area contributed by atoms with Gasteiger partial charge < -0.3 is 10.6 Å². The molecule has 1 aromatic rings. The van der Waals surface area contributed by atoms with E-state index in [-0.39, 0.29) is 5.91 Å². The van der Waals surface area contributed by atoms with Crippen molar-refractivity contribution in [1.29, 1.82) is 0 Å². The van der Waals surface area contributed by atoms with Gasteiger partial charge in [-0.2, -0.15) is 0 Å². The average molecular weight is 504 g/mol. The first-order valence-electron chi connectivity index (χ1n) is 13.6. The van der Waals surface area contributed by atoms with Gasteiger partial charge in [0.2, 0.25) is 5.91 Å². The number of hydrogen-bond donors (Lipinski definition) is 2. The van der Waals surface area contributed by atoms with Crippen molar-refractivity contribution in [3.05, 3.63) is 109 Å². The molecule has 0 saturated carbocycles. The molecule has 0 heterocycles. The molecule has 0 fully saturated rings. The van der Waals surface area contributed by atoms with Crippen LogP contribution >= 0.6 is 0 Å². The van der Waals surface area contributed by atoms with Gasteiger partial charge in [0.05, 0.1) is 0 Å². The predicted octanol–water partition coefficient (Wildman–Crippen LogP) is 6.62. The first-order valence-corrected chi connectivity index (χ1v) is 13.6. The van der Waals surface area contributed by atoms with Gasteiger partial charge in [-0.1, -0.05) is 125 Å². The molecular formula is C33H49N3O. The van der Waals surface area contributed by atoms with Crippen LogP contribution in [0.25, 0.3) is 0 Å². The second kappa shape index (κ2) is 20.1. The Morgan fingerprint density at radius 1 is 1.00 bits per heavy atom. The van der Waals surface area contributed by atoms with Gasteiger partial charge in [-0.15, -0.1) is 0 Å². The summed E-state index contributed by atoms with van der Waals surface area (Å²) in [5.74, 6) is 0.887. The van der Waals surface area contributed by atoms with Crippen LogP contribution in [0.15, 0.2) is 103 Å². The SMILES string of the molecule is C=C/C=C\C=C/CN(CCCNCc1ccccc1)CCC(=O)NC/C(=C\C=C/C(=C)C(C)C)C(C)C. The molecule has 1 rings (SSSR count). The number of carbonyl (C=O) groups excluding carboxylic acids is 1. The molecule has 37 heavy (non-hydrogen) atoms. The smallest absolute Gasteiger partial charge is 0.221 e. The van der Waals surface area contributed by atoms with E-state index in [0.29, 0.717) is 24.8 Å². The summed E-state index contributed by atoms with van der Waals surface area (Å²) in [5.41, 5.74) is 3.61. The molecule has 2 N–H and O–H groups in total. The fraction of sp³-hybridized carbons (Fsp3) is 0.424. The van der Waals surface area contributed by atoms with E-state index in [1.54, 1.807) is 6.08 Å². The summed E-state index contributed by atoms with van der Waals surface area (Å²) in [6.07, 6.45) is 17.5. The third kappa shape index (κ3) is 16.4. The molecule has 0 radical (unpaired) electrons. The quantitative estimate of drug-likeness (QED) is 0.165. The van der Waals surface area contributed by atoms with Crippen molar-refractivity contribution in [3.63, 3.8) is 0 Å². The Morgan fingerprint density at radius 2 is 1.76 bits per heavy atom. The number of hydrogen-bond acceptors (Lipinski definition) is 3. The van der Waals surface area contributed by atoms with Gasteiger partial charge in [0.25, 0.3) is 0 Å². The van der Waals surface area contributed by atoms with Gasteiger partial charge in [0.15, 0.2) is 0 Å². The van der Waals surface area contributed by atoms with Crippen molar-refractivity contribution in [2.75, 3.05) is 32.7 Å². The molecule has 4 heteroatoms. The van der Waals surface area contributed by atoms with E-state index in [0.717, 1.165) is 44.7 Å². The summed E-state index contributed by atoms with van der Waals surface area (Å²) in [4.78, 5) is 15.0. The number of nitrogens with one attached hydrogen (secondary N) is 2. The predicted molar refractivity (Wildman–Crippen MR) is 161 cm³/mol. The number of rotatable bonds is 19. The fourth-order valence-corrected chi connectivity index (χ4v) is 3.47. The van der Waals surface area contributed by atoms with Gasteiger partial charge >= 0.3 is 0 Å². The van der Waals surface area contributed by atoms with Gasteiger partial charge in [0.1, 0.15) is 0 Å². The minimum absolute atomic E-state index is 0.0878. The highest BCUT2D eigenvalue weighted by Gasteiger charge is 2.09. The molecule has 0 atom stereocenters. The summed E-state index contributed by atoms with van der Waals surface area (Å²) < 4.78 is 0. The minimum Gasteiger partial charge on any atom is -0.352 e. The lowest BCUT2D eigenvalue weighted by atomic mass is 10.0. The Balaban J connectivity index is 2.53. The van der Waals surface area contributed by atoms with Crippen LogP contribution in [0.2, 0.25) is 0 Å². The summed E-state index contributed by atoms with van der Waals surface area (Å²) in [5, 5.41) is 6.63. The highest BCUT2D eigenvalue weighted by molar-refractivity contribution is 5.76. The first kappa shape index (κ1) is 32.1. The van der Waals surface area contributed by atoms with Crippen molar-refractivity contribution in [3.8, 4) is 0 Å². The van der Waals surface area contributed by atoms with Crippen molar-refractivity contribution in [2.45, 2.75) is 47.1 Å². The van der Waals surface area contributed by atoms with Crippen LogP contribution in [0.5, 0.6) is 0 Å². The van der Waals surface area contributed by atoms with Crippen LogP contribution in [0.1, 0.15) is 46.1 Å². The maximum absolute atomic E-state index is 12.6. The van der Waals surface area contributed by atoms with Gasteiger partial charge in [-0.25, -0.2) is 0 Å². The lowest BCUT2D eigenvalue weighted by molar-refractivity contribution is -0.121. The molecule has 4 nitrogen and oxygen atoms in total. The highest BCUT2D eigenvalue weighted by Crippen LogP contribution is 2.11. The van der Waals surface area contributed by atoms with E-state index in [2.05, 4.69) is 98.9 Å². The van der Waals surface area contributed by atoms with Crippen LogP contribution < -0.4 is 10.6 Å². The van der Waals surface area contributed by atoms with E-state index in [4.69, 9.17) is 0 Å². The zero-order valence-electron chi connectivity index (χ0n) is 23.6. The van der Waals surface area contributed by atoms with Crippen LogP contribution in [0.4, 0.5) is 0 Å². The summed E-state index contributed by atoms with van der Waals surface area (Å²) >= 11 is 0. The largest absolute Gasteiger partial charge is 0.352 e. The third-order valence-electron chi connectivity index (χ3n) is 6.11. The van der Waals surface area contributed by atoms with E-state index in [1.807, 2.05) is 30.4 Å². The Labute approximate surface area is 226 Å². The summed E-state index contributed by atoms with van der Waals surface area (Å²) in [6.45, 7) is 21.2. The van der Waals surface area contributed by atoms with Crippen LogP contribution in [0.3, 0.4) is 0 Å². The van der Waals surface area contributed by atoms with Crippen LogP contribution in [-0.2, 0) is 11.3 Å². The Kier molecular flexibility index (Phi) is 17.5. The van der Waals surface area contributed by atoms with E-state index < -0.39 is 0 Å². The number of amides is 1. The number of allylic oxidation sites excluding steroid dienone is 8. The summed E-state index contributed by atoms with van der Waals surface area (Å²) in [6, 6.07) is 10.4. The van der Waals surface area contributed by atoms with Gasteiger partial charge in [-0.05, 0) is 42.5 Å². The zero-order valence-corrected chi connectivity index (χ0v) is 23.6. The molecule has 0 bridgehead atoms. The zero-order chi connectivity index (χ0) is 27.3. The molecule has 1 aromatic carbocycles. The minimum atomic E-state index is 0.0878. The van der Waals surface area contributed by atoms with Gasteiger partial charge in [0, 0.05) is 32.6 Å². The molecule has 202 valence electrons. The highest BCUT2D eigenvalue weighted by atomic mass is 16.1. The molecule has 0 aliphatic heterocycles. The van der Waals surface area contributed by atoms with E-state index in [1.165, 1.54) is 11.1 Å². The maximum Gasteiger partial charge on any atom is 0.221 e. The Morgan fingerprint density at radius 3 is 2.43 bits per heavy atom. The molecule has 0 aliphatic carbocycles. The normalized spacial score (nSPS) is 12.6. The van der Waals surface area contributed by atoms with E-state index in [9.17, 15) is 4.79 Å². The van der Waals surface area contributed by atoms with E-state index >= 15 is 0 Å². The monoisotopic (exact) mass is 503 g/mol.